The first kappa shape index (κ1) is 31.8. The highest BCUT2D eigenvalue weighted by atomic mass is 16.5. The fraction of sp³-hybridized carbons (Fsp3) is 0.929. The molecule has 7 heteroatoms. The summed E-state index contributed by atoms with van der Waals surface area (Å²) in [5.74, 6) is 1.06. The standard InChI is InChI=1S/C28H53NO6/c1-29(2)26(23-35-20-14-12-18-28(32)33-3)22-34-19-13-7-5-4-6-9-15-24-21-25(24)16-10-8-11-17-27(30)31/h24-26H,4-23H2,1-3H3,(H,30,31). The minimum atomic E-state index is -0.664. The van der Waals surface area contributed by atoms with E-state index in [0.29, 0.717) is 32.7 Å². The van der Waals surface area contributed by atoms with Gasteiger partial charge in [-0.15, -0.1) is 0 Å². The van der Waals surface area contributed by atoms with Gasteiger partial charge >= 0.3 is 11.9 Å². The van der Waals surface area contributed by atoms with Gasteiger partial charge < -0.3 is 24.2 Å². The molecule has 1 aliphatic carbocycles. The Morgan fingerprint density at radius 2 is 1.26 bits per heavy atom. The summed E-state index contributed by atoms with van der Waals surface area (Å²) in [6.07, 6.45) is 17.4. The molecule has 0 radical (unpaired) electrons. The second-order valence-corrected chi connectivity index (χ2v) is 10.5. The van der Waals surface area contributed by atoms with E-state index in [2.05, 4.69) is 23.7 Å². The van der Waals surface area contributed by atoms with Crippen molar-refractivity contribution in [3.63, 3.8) is 0 Å². The fourth-order valence-electron chi connectivity index (χ4n) is 4.56. The first-order valence-electron chi connectivity index (χ1n) is 14.0. The molecular formula is C28H53NO6. The van der Waals surface area contributed by atoms with E-state index >= 15 is 0 Å². The van der Waals surface area contributed by atoms with Gasteiger partial charge in [0.15, 0.2) is 0 Å². The minimum Gasteiger partial charge on any atom is -0.481 e. The molecule has 1 rings (SSSR count). The molecule has 3 unspecified atom stereocenters. The van der Waals surface area contributed by atoms with Crippen molar-refractivity contribution in [1.29, 1.82) is 0 Å². The van der Waals surface area contributed by atoms with Crippen LogP contribution in [-0.4, -0.2) is 75.6 Å². The molecule has 7 nitrogen and oxygen atoms in total. The van der Waals surface area contributed by atoms with E-state index in [4.69, 9.17) is 14.6 Å². The highest BCUT2D eigenvalue weighted by Crippen LogP contribution is 2.45. The molecule has 35 heavy (non-hydrogen) atoms. The third-order valence-corrected chi connectivity index (χ3v) is 7.15. The number of carbonyl (C=O) groups is 2. The van der Waals surface area contributed by atoms with E-state index in [0.717, 1.165) is 50.5 Å². The average molecular weight is 500 g/mol. The molecule has 3 atom stereocenters. The monoisotopic (exact) mass is 499 g/mol. The van der Waals surface area contributed by atoms with Crippen LogP contribution in [0.5, 0.6) is 0 Å². The number of unbranched alkanes of at least 4 members (excludes halogenated alkanes) is 8. The van der Waals surface area contributed by atoms with E-state index in [1.807, 2.05) is 0 Å². The summed E-state index contributed by atoms with van der Waals surface area (Å²) in [6, 6.07) is 0.256. The number of ether oxygens (including phenoxy) is 3. The normalized spacial score (nSPS) is 18.1. The van der Waals surface area contributed by atoms with E-state index in [9.17, 15) is 9.59 Å². The Kier molecular flexibility index (Phi) is 19.1. The quantitative estimate of drug-likeness (QED) is 0.127. The number of likely N-dealkylation sites (N-methyl/N-ethyl adjacent to an activating group) is 1. The Morgan fingerprint density at radius 1 is 0.771 bits per heavy atom. The predicted molar refractivity (Wildman–Crippen MR) is 140 cm³/mol. The van der Waals surface area contributed by atoms with Gasteiger partial charge in [0, 0.05) is 26.1 Å². The van der Waals surface area contributed by atoms with Crippen LogP contribution in [0.1, 0.15) is 103 Å². The highest BCUT2D eigenvalue weighted by molar-refractivity contribution is 5.69. The summed E-state index contributed by atoms with van der Waals surface area (Å²) < 4.78 is 16.3. The van der Waals surface area contributed by atoms with E-state index in [1.165, 1.54) is 64.9 Å². The van der Waals surface area contributed by atoms with E-state index in [-0.39, 0.29) is 12.0 Å². The van der Waals surface area contributed by atoms with E-state index < -0.39 is 5.97 Å². The molecule has 1 N–H and O–H groups in total. The zero-order valence-corrected chi connectivity index (χ0v) is 22.8. The molecule has 1 aliphatic rings. The molecule has 0 aliphatic heterocycles. The Balaban J connectivity index is 1.85. The summed E-state index contributed by atoms with van der Waals surface area (Å²) >= 11 is 0. The maximum Gasteiger partial charge on any atom is 0.305 e. The lowest BCUT2D eigenvalue weighted by Gasteiger charge is -2.24. The van der Waals surface area contributed by atoms with Gasteiger partial charge in [-0.1, -0.05) is 57.8 Å². The lowest BCUT2D eigenvalue weighted by molar-refractivity contribution is -0.141. The van der Waals surface area contributed by atoms with Crippen molar-refractivity contribution < 1.29 is 28.9 Å². The van der Waals surface area contributed by atoms with Crippen LogP contribution in [0.25, 0.3) is 0 Å². The number of hydrogen-bond donors (Lipinski definition) is 1. The number of hydrogen-bond acceptors (Lipinski definition) is 6. The summed E-state index contributed by atoms with van der Waals surface area (Å²) in [5, 5.41) is 8.67. The number of carboxylic acid groups (broad SMARTS) is 1. The molecule has 0 aromatic carbocycles. The molecule has 0 aromatic heterocycles. The summed E-state index contributed by atoms with van der Waals surface area (Å²) in [5.41, 5.74) is 0. The number of rotatable bonds is 25. The largest absolute Gasteiger partial charge is 0.481 e. The Morgan fingerprint density at radius 3 is 1.80 bits per heavy atom. The fourth-order valence-corrected chi connectivity index (χ4v) is 4.56. The second kappa shape index (κ2) is 21.0. The van der Waals surface area contributed by atoms with Gasteiger partial charge in [0.05, 0.1) is 26.4 Å². The second-order valence-electron chi connectivity index (χ2n) is 10.5. The molecule has 0 amide bonds. The topological polar surface area (TPSA) is 85.3 Å². The SMILES string of the molecule is COC(=O)CCCCOCC(COCCCCCCCCC1CC1CCCCCC(=O)O)N(C)C. The molecule has 206 valence electrons. The third-order valence-electron chi connectivity index (χ3n) is 7.15. The highest BCUT2D eigenvalue weighted by Gasteiger charge is 2.35. The molecule has 0 heterocycles. The Hall–Kier alpha value is -1.18. The average Bonchev–Trinajstić information content (AvgIpc) is 3.58. The number of carbonyl (C=O) groups excluding carboxylic acids is 1. The van der Waals surface area contributed by atoms with Gasteiger partial charge in [0.1, 0.15) is 0 Å². The van der Waals surface area contributed by atoms with Crippen molar-refractivity contribution in [3.05, 3.63) is 0 Å². The van der Waals surface area contributed by atoms with Crippen molar-refractivity contribution >= 4 is 11.9 Å². The third kappa shape index (κ3) is 18.7. The van der Waals surface area contributed by atoms with Gasteiger partial charge in [-0.25, -0.2) is 0 Å². The first-order chi connectivity index (χ1) is 16.9. The molecule has 0 bridgehead atoms. The number of carboxylic acids is 1. The predicted octanol–water partition coefficient (Wildman–Crippen LogP) is 5.70. The van der Waals surface area contributed by atoms with Crippen molar-refractivity contribution in [2.45, 2.75) is 109 Å². The summed E-state index contributed by atoms with van der Waals surface area (Å²) in [7, 11) is 5.53. The summed E-state index contributed by atoms with van der Waals surface area (Å²) in [4.78, 5) is 23.8. The van der Waals surface area contributed by atoms with Crippen LogP contribution < -0.4 is 0 Å². The number of nitrogens with zero attached hydrogens (tertiary/aromatic N) is 1. The lowest BCUT2D eigenvalue weighted by atomic mass is 10.0. The first-order valence-corrected chi connectivity index (χ1v) is 14.0. The lowest BCUT2D eigenvalue weighted by Crippen LogP contribution is -2.37. The van der Waals surface area contributed by atoms with Crippen LogP contribution in [0.2, 0.25) is 0 Å². The van der Waals surface area contributed by atoms with Crippen molar-refractivity contribution in [3.8, 4) is 0 Å². The number of aliphatic carboxylic acids is 1. The molecular weight excluding hydrogens is 446 g/mol. The zero-order valence-electron chi connectivity index (χ0n) is 22.8. The maximum absolute atomic E-state index is 11.1. The van der Waals surface area contributed by atoms with Crippen LogP contribution in [-0.2, 0) is 23.8 Å². The molecule has 0 spiro atoms. The maximum atomic E-state index is 11.1. The van der Waals surface area contributed by atoms with Crippen LogP contribution in [0.4, 0.5) is 0 Å². The smallest absolute Gasteiger partial charge is 0.305 e. The van der Waals surface area contributed by atoms with Gasteiger partial charge in [-0.05, 0) is 58.0 Å². The Bertz CT molecular complexity index is 542. The van der Waals surface area contributed by atoms with Crippen LogP contribution in [0.3, 0.4) is 0 Å². The zero-order chi connectivity index (χ0) is 25.7. The molecule has 0 saturated heterocycles. The van der Waals surface area contributed by atoms with Crippen molar-refractivity contribution in [2.75, 3.05) is 47.6 Å². The minimum absolute atomic E-state index is 0.157. The van der Waals surface area contributed by atoms with Gasteiger partial charge in [-0.3, -0.25) is 9.59 Å². The Labute approximate surface area is 214 Å². The van der Waals surface area contributed by atoms with Crippen molar-refractivity contribution in [1.82, 2.24) is 4.90 Å². The number of methoxy groups -OCH3 is 1. The van der Waals surface area contributed by atoms with Gasteiger partial charge in [0.25, 0.3) is 0 Å². The molecule has 0 aromatic rings. The van der Waals surface area contributed by atoms with Gasteiger partial charge in [0.2, 0.25) is 0 Å². The van der Waals surface area contributed by atoms with E-state index in [1.54, 1.807) is 0 Å². The molecule has 1 saturated carbocycles. The van der Waals surface area contributed by atoms with Crippen LogP contribution in [0, 0.1) is 11.8 Å². The van der Waals surface area contributed by atoms with Crippen molar-refractivity contribution in [2.24, 2.45) is 11.8 Å². The van der Waals surface area contributed by atoms with Crippen LogP contribution in [0.15, 0.2) is 0 Å². The summed E-state index contributed by atoms with van der Waals surface area (Å²) in [6.45, 7) is 2.83. The number of esters is 1. The van der Waals surface area contributed by atoms with Crippen LogP contribution >= 0.6 is 0 Å². The van der Waals surface area contributed by atoms with Gasteiger partial charge in [-0.2, -0.15) is 0 Å². The molecule has 1 fully saturated rings.